The number of imidazole rings is 1. The number of hydrogen-bond donors (Lipinski definition) is 0. The van der Waals surface area contributed by atoms with Gasteiger partial charge in [0.1, 0.15) is 17.1 Å². The Morgan fingerprint density at radius 1 is 1.17 bits per heavy atom. The third-order valence-electron chi connectivity index (χ3n) is 6.82. The molecular formula is C24H29ClN4O. The first-order valence-corrected chi connectivity index (χ1v) is 11.1. The summed E-state index contributed by atoms with van der Waals surface area (Å²) in [5.74, 6) is 4.02. The minimum Gasteiger partial charge on any atom is -0.492 e. The maximum absolute atomic E-state index is 6.47. The third-order valence-corrected chi connectivity index (χ3v) is 7.11. The Morgan fingerprint density at radius 2 is 1.93 bits per heavy atom. The average molecular weight is 425 g/mol. The first-order valence-electron chi connectivity index (χ1n) is 10.7. The molecule has 0 N–H and O–H groups in total. The minimum absolute atomic E-state index is 0.0920. The summed E-state index contributed by atoms with van der Waals surface area (Å²) in [6, 6.07) is 8.22. The highest BCUT2D eigenvalue weighted by Crippen LogP contribution is 2.52. The lowest BCUT2D eigenvalue weighted by Crippen LogP contribution is -2.26. The van der Waals surface area contributed by atoms with E-state index in [9.17, 15) is 0 Å². The van der Waals surface area contributed by atoms with Crippen LogP contribution in [0.4, 0.5) is 0 Å². The van der Waals surface area contributed by atoms with Gasteiger partial charge in [0.15, 0.2) is 0 Å². The molecule has 3 atom stereocenters. The number of rotatable bonds is 5. The van der Waals surface area contributed by atoms with Crippen molar-refractivity contribution in [2.75, 3.05) is 19.7 Å². The van der Waals surface area contributed by atoms with Crippen LogP contribution in [0.25, 0.3) is 11.0 Å². The molecule has 2 aromatic heterocycles. The SMILES string of the molecule is Cn1c(CN2C[C@@H]3C(COc4ccc(C(C)(C)C)cc4Cl)[C@@H]3C2)nc2cnccc21. The van der Waals surface area contributed by atoms with Crippen LogP contribution in [0, 0.1) is 17.8 Å². The van der Waals surface area contributed by atoms with Gasteiger partial charge in [-0.1, -0.05) is 38.4 Å². The van der Waals surface area contributed by atoms with Gasteiger partial charge in [-0.3, -0.25) is 9.88 Å². The van der Waals surface area contributed by atoms with Gasteiger partial charge in [0.2, 0.25) is 0 Å². The largest absolute Gasteiger partial charge is 0.492 e. The van der Waals surface area contributed by atoms with Crippen LogP contribution >= 0.6 is 11.6 Å². The van der Waals surface area contributed by atoms with E-state index < -0.39 is 0 Å². The quantitative estimate of drug-likeness (QED) is 0.596. The molecule has 1 aliphatic carbocycles. The van der Waals surface area contributed by atoms with Crippen molar-refractivity contribution in [1.82, 2.24) is 19.4 Å². The molecule has 1 unspecified atom stereocenters. The van der Waals surface area contributed by atoms with Crippen LogP contribution in [-0.2, 0) is 19.0 Å². The van der Waals surface area contributed by atoms with Gasteiger partial charge in [-0.2, -0.15) is 0 Å². The number of halogens is 1. The molecule has 0 bridgehead atoms. The van der Waals surface area contributed by atoms with Crippen LogP contribution in [0.15, 0.2) is 36.7 Å². The third kappa shape index (κ3) is 3.58. The zero-order valence-electron chi connectivity index (χ0n) is 18.1. The van der Waals surface area contributed by atoms with Gasteiger partial charge in [0, 0.05) is 32.3 Å². The summed E-state index contributed by atoms with van der Waals surface area (Å²) in [7, 11) is 2.09. The minimum atomic E-state index is 0.0920. The summed E-state index contributed by atoms with van der Waals surface area (Å²) >= 11 is 6.47. The topological polar surface area (TPSA) is 43.2 Å². The first kappa shape index (κ1) is 19.8. The normalized spacial score (nSPS) is 23.7. The number of piperidine rings is 1. The fourth-order valence-corrected chi connectivity index (χ4v) is 5.06. The van der Waals surface area contributed by atoms with Crippen LogP contribution in [0.2, 0.25) is 5.02 Å². The van der Waals surface area contributed by atoms with Crippen LogP contribution < -0.4 is 4.74 Å². The summed E-state index contributed by atoms with van der Waals surface area (Å²) in [6.45, 7) is 10.5. The molecule has 1 saturated carbocycles. The molecule has 0 spiro atoms. The highest BCUT2D eigenvalue weighted by atomic mass is 35.5. The van der Waals surface area contributed by atoms with E-state index in [2.05, 4.69) is 48.3 Å². The molecule has 2 fully saturated rings. The number of hydrogen-bond acceptors (Lipinski definition) is 4. The standard InChI is InChI=1S/C24H29ClN4O/c1-24(2,3)15-5-6-22(19(25)9-15)30-14-18-16-11-29(12-17(16)18)13-23-27-20-10-26-8-7-21(20)28(23)4/h5-10,16-18H,11-14H2,1-4H3/t16-,17+,18?. The van der Waals surface area contributed by atoms with E-state index in [1.54, 1.807) is 0 Å². The van der Waals surface area contributed by atoms with Gasteiger partial charge in [-0.15, -0.1) is 0 Å². The zero-order valence-corrected chi connectivity index (χ0v) is 18.9. The van der Waals surface area contributed by atoms with Gasteiger partial charge in [-0.25, -0.2) is 4.98 Å². The summed E-state index contributed by atoms with van der Waals surface area (Å²) in [4.78, 5) is 11.5. The molecule has 1 saturated heterocycles. The van der Waals surface area contributed by atoms with Gasteiger partial charge in [-0.05, 0) is 41.0 Å². The Morgan fingerprint density at radius 3 is 2.60 bits per heavy atom. The van der Waals surface area contributed by atoms with Crippen molar-refractivity contribution in [3.63, 3.8) is 0 Å². The highest BCUT2D eigenvalue weighted by Gasteiger charge is 2.55. The number of benzene rings is 1. The van der Waals surface area contributed by atoms with Gasteiger partial charge < -0.3 is 9.30 Å². The summed E-state index contributed by atoms with van der Waals surface area (Å²) in [6.07, 6.45) is 3.67. The van der Waals surface area contributed by atoms with Gasteiger partial charge in [0.25, 0.3) is 0 Å². The van der Waals surface area contributed by atoms with E-state index in [1.807, 2.05) is 30.6 Å². The molecule has 1 aromatic carbocycles. The second-order valence-electron chi connectivity index (χ2n) is 9.84. The van der Waals surface area contributed by atoms with Crippen LogP contribution in [0.5, 0.6) is 5.75 Å². The lowest BCUT2D eigenvalue weighted by molar-refractivity contribution is 0.226. The first-order chi connectivity index (χ1) is 14.3. The Bertz CT molecular complexity index is 1070. The summed E-state index contributed by atoms with van der Waals surface area (Å²) in [5.41, 5.74) is 3.44. The molecule has 1 aliphatic heterocycles. The van der Waals surface area contributed by atoms with Crippen molar-refractivity contribution in [3.05, 3.63) is 53.1 Å². The second-order valence-corrected chi connectivity index (χ2v) is 10.3. The van der Waals surface area contributed by atoms with Crippen molar-refractivity contribution in [2.45, 2.75) is 32.7 Å². The number of aryl methyl sites for hydroxylation is 1. The fraction of sp³-hybridized carbons (Fsp3) is 0.500. The average Bonchev–Trinajstić information content (AvgIpc) is 3.02. The van der Waals surface area contributed by atoms with E-state index in [0.717, 1.165) is 60.7 Å². The smallest absolute Gasteiger partial charge is 0.137 e. The molecular weight excluding hydrogens is 396 g/mol. The molecule has 5 rings (SSSR count). The number of nitrogens with zero attached hydrogens (tertiary/aromatic N) is 4. The molecule has 3 aromatic rings. The summed E-state index contributed by atoms with van der Waals surface area (Å²) in [5, 5.41) is 0.714. The molecule has 30 heavy (non-hydrogen) atoms. The maximum Gasteiger partial charge on any atom is 0.137 e. The van der Waals surface area contributed by atoms with E-state index in [1.165, 1.54) is 5.56 Å². The Hall–Kier alpha value is -2.11. The number of fused-ring (bicyclic) bond motifs is 2. The van der Waals surface area contributed by atoms with E-state index >= 15 is 0 Å². The highest BCUT2D eigenvalue weighted by molar-refractivity contribution is 6.32. The van der Waals surface area contributed by atoms with E-state index in [0.29, 0.717) is 10.9 Å². The number of ether oxygens (including phenoxy) is 1. The van der Waals surface area contributed by atoms with Crippen molar-refractivity contribution in [1.29, 1.82) is 0 Å². The number of likely N-dealkylation sites (tertiary alicyclic amines) is 1. The van der Waals surface area contributed by atoms with Gasteiger partial charge in [0.05, 0.1) is 29.9 Å². The molecule has 0 radical (unpaired) electrons. The van der Waals surface area contributed by atoms with E-state index in [4.69, 9.17) is 21.3 Å². The Balaban J connectivity index is 1.15. The second kappa shape index (κ2) is 7.24. The van der Waals surface area contributed by atoms with Crippen molar-refractivity contribution in [3.8, 4) is 5.75 Å². The van der Waals surface area contributed by atoms with Crippen molar-refractivity contribution >= 4 is 22.6 Å². The Labute approximate surface area is 183 Å². The molecule has 0 amide bonds. The Kier molecular flexibility index (Phi) is 4.79. The van der Waals surface area contributed by atoms with Crippen LogP contribution in [0.1, 0.15) is 32.2 Å². The molecule has 158 valence electrons. The van der Waals surface area contributed by atoms with Crippen molar-refractivity contribution in [2.24, 2.45) is 24.8 Å². The van der Waals surface area contributed by atoms with Gasteiger partial charge >= 0.3 is 0 Å². The van der Waals surface area contributed by atoms with Crippen LogP contribution in [-0.4, -0.2) is 39.1 Å². The van der Waals surface area contributed by atoms with Crippen molar-refractivity contribution < 1.29 is 4.74 Å². The fourth-order valence-electron chi connectivity index (χ4n) is 4.83. The summed E-state index contributed by atoms with van der Waals surface area (Å²) < 4.78 is 8.29. The molecule has 6 heteroatoms. The predicted octanol–water partition coefficient (Wildman–Crippen LogP) is 4.68. The lowest BCUT2D eigenvalue weighted by Gasteiger charge is -2.21. The number of pyridine rings is 1. The maximum atomic E-state index is 6.47. The predicted molar refractivity (Wildman–Crippen MR) is 120 cm³/mol. The van der Waals surface area contributed by atoms with Crippen LogP contribution in [0.3, 0.4) is 0 Å². The van der Waals surface area contributed by atoms with E-state index in [-0.39, 0.29) is 5.41 Å². The zero-order chi connectivity index (χ0) is 21.0. The molecule has 2 aliphatic rings. The monoisotopic (exact) mass is 424 g/mol. The number of aromatic nitrogens is 3. The lowest BCUT2D eigenvalue weighted by atomic mass is 9.87. The molecule has 5 nitrogen and oxygen atoms in total. The molecule has 3 heterocycles.